The smallest absolute Gasteiger partial charge is 0.265 e. The molecule has 1 atom stereocenters. The van der Waals surface area contributed by atoms with Crippen molar-refractivity contribution in [3.8, 4) is 0 Å². The number of alkyl halides is 3. The fraction of sp³-hybridized carbons (Fsp3) is 0.188. The van der Waals surface area contributed by atoms with Crippen molar-refractivity contribution in [2.24, 2.45) is 15.4 Å². The summed E-state index contributed by atoms with van der Waals surface area (Å²) < 4.78 is 64.2. The Bertz CT molecular complexity index is 1040. The van der Waals surface area contributed by atoms with Crippen molar-refractivity contribution in [2.75, 3.05) is 0 Å². The van der Waals surface area contributed by atoms with Gasteiger partial charge in [0.25, 0.3) is 16.1 Å². The number of carbonyl (C=O) groups excluding carboxylic acids is 1. The monoisotopic (exact) mass is 398 g/mol. The fourth-order valence-corrected chi connectivity index (χ4v) is 3.12. The number of azo groups is 1. The van der Waals surface area contributed by atoms with Crippen molar-refractivity contribution in [1.82, 2.24) is 4.72 Å². The molecule has 0 saturated carbocycles. The fourth-order valence-electron chi connectivity index (χ4n) is 2.76. The van der Waals surface area contributed by atoms with E-state index in [1.54, 1.807) is 18.2 Å². The number of halogens is 3. The second-order valence-corrected chi connectivity index (χ2v) is 7.17. The van der Waals surface area contributed by atoms with E-state index in [1.807, 2.05) is 4.72 Å². The van der Waals surface area contributed by atoms with E-state index in [0.717, 1.165) is 12.1 Å². The molecule has 1 amide bonds. The maximum absolute atomic E-state index is 13.5. The Morgan fingerprint density at radius 3 is 2.52 bits per heavy atom. The van der Waals surface area contributed by atoms with Crippen LogP contribution in [-0.4, -0.2) is 14.3 Å². The highest BCUT2D eigenvalue weighted by Crippen LogP contribution is 2.38. The van der Waals surface area contributed by atoms with Gasteiger partial charge in [-0.1, -0.05) is 30.3 Å². The lowest BCUT2D eigenvalue weighted by molar-refractivity contribution is -0.138. The minimum Gasteiger partial charge on any atom is -0.265 e. The molecule has 7 nitrogen and oxygen atoms in total. The number of nitrogens with one attached hydrogen (secondary N) is 1. The Hall–Kier alpha value is -2.63. The summed E-state index contributed by atoms with van der Waals surface area (Å²) in [4.78, 5) is 11.8. The van der Waals surface area contributed by atoms with Crippen molar-refractivity contribution in [1.29, 1.82) is 0 Å². The van der Waals surface area contributed by atoms with Gasteiger partial charge in [-0.25, -0.2) is 5.14 Å². The van der Waals surface area contributed by atoms with Crippen LogP contribution < -0.4 is 9.86 Å². The highest BCUT2D eigenvalue weighted by atomic mass is 32.2. The van der Waals surface area contributed by atoms with Crippen LogP contribution in [0.5, 0.6) is 0 Å². The number of hydrogen-bond donors (Lipinski definition) is 2. The molecule has 0 aliphatic carbocycles. The quantitative estimate of drug-likeness (QED) is 0.825. The van der Waals surface area contributed by atoms with Crippen molar-refractivity contribution in [3.05, 3.63) is 70.3 Å². The highest BCUT2D eigenvalue weighted by molar-refractivity contribution is 7.87. The molecule has 0 aromatic heterocycles. The molecule has 1 aliphatic heterocycles. The van der Waals surface area contributed by atoms with E-state index in [1.165, 1.54) is 12.1 Å². The number of hydrogen-bond acceptors (Lipinski definition) is 4. The van der Waals surface area contributed by atoms with Crippen molar-refractivity contribution in [3.63, 3.8) is 0 Å². The Morgan fingerprint density at radius 2 is 1.85 bits per heavy atom. The summed E-state index contributed by atoms with van der Waals surface area (Å²) in [5, 5.41) is 12.1. The third-order valence-electron chi connectivity index (χ3n) is 3.97. The molecule has 1 aliphatic rings. The zero-order valence-electron chi connectivity index (χ0n) is 13.6. The topological polar surface area (TPSA) is 114 Å². The molecule has 11 heteroatoms. The van der Waals surface area contributed by atoms with Crippen LogP contribution in [0.15, 0.2) is 52.7 Å². The van der Waals surface area contributed by atoms with Gasteiger partial charge in [0.05, 0.1) is 5.56 Å². The van der Waals surface area contributed by atoms with Crippen LogP contribution in [0.1, 0.15) is 38.7 Å². The average Bonchev–Trinajstić information content (AvgIpc) is 2.59. The largest absolute Gasteiger partial charge is 0.416 e. The van der Waals surface area contributed by atoms with Gasteiger partial charge in [0.2, 0.25) is 0 Å². The molecule has 27 heavy (non-hydrogen) atoms. The zero-order chi connectivity index (χ0) is 19.8. The van der Waals surface area contributed by atoms with Gasteiger partial charge in [-0.3, -0.25) is 4.79 Å². The number of fused-ring (bicyclic) bond motifs is 1. The third kappa shape index (κ3) is 4.21. The molecule has 0 bridgehead atoms. The maximum Gasteiger partial charge on any atom is 0.416 e. The molecule has 142 valence electrons. The number of nitrogens with zero attached hydrogens (tertiary/aromatic N) is 2. The number of carbonyl (C=O) groups is 1. The lowest BCUT2D eigenvalue weighted by Crippen LogP contribution is -2.31. The van der Waals surface area contributed by atoms with E-state index in [9.17, 15) is 26.4 Å². The van der Waals surface area contributed by atoms with Gasteiger partial charge in [0, 0.05) is 12.1 Å². The molecule has 3 rings (SSSR count). The van der Waals surface area contributed by atoms with Gasteiger partial charge in [0.15, 0.2) is 0 Å². The van der Waals surface area contributed by atoms with Crippen LogP contribution in [0, 0.1) is 0 Å². The predicted octanol–water partition coefficient (Wildman–Crippen LogP) is 2.69. The van der Waals surface area contributed by atoms with Gasteiger partial charge >= 0.3 is 6.18 Å². The van der Waals surface area contributed by atoms with Crippen LogP contribution in [0.2, 0.25) is 0 Å². The van der Waals surface area contributed by atoms with E-state index < -0.39 is 40.4 Å². The second-order valence-electron chi connectivity index (χ2n) is 5.79. The van der Waals surface area contributed by atoms with Crippen molar-refractivity contribution in [2.45, 2.75) is 18.8 Å². The summed E-state index contributed by atoms with van der Waals surface area (Å²) in [5.41, 5.74) is -0.435. The molecule has 1 heterocycles. The lowest BCUT2D eigenvalue weighted by atomic mass is 9.91. The predicted molar refractivity (Wildman–Crippen MR) is 88.9 cm³/mol. The van der Waals surface area contributed by atoms with Gasteiger partial charge < -0.3 is 0 Å². The molecular weight excluding hydrogens is 385 g/mol. The van der Waals surface area contributed by atoms with Crippen LogP contribution in [0.25, 0.3) is 0 Å². The van der Waals surface area contributed by atoms with E-state index in [4.69, 9.17) is 5.14 Å². The van der Waals surface area contributed by atoms with Gasteiger partial charge in [-0.2, -0.15) is 31.4 Å². The molecule has 2 aromatic rings. The Morgan fingerprint density at radius 1 is 1.15 bits per heavy atom. The summed E-state index contributed by atoms with van der Waals surface area (Å²) in [6.07, 6.45) is -4.73. The second kappa shape index (κ2) is 6.83. The maximum atomic E-state index is 13.5. The van der Waals surface area contributed by atoms with E-state index in [2.05, 4.69) is 10.2 Å². The van der Waals surface area contributed by atoms with Crippen molar-refractivity contribution >= 4 is 16.1 Å². The molecule has 1 unspecified atom stereocenters. The lowest BCUT2D eigenvalue weighted by Gasteiger charge is -2.21. The summed E-state index contributed by atoms with van der Waals surface area (Å²) in [6, 6.07) is 8.91. The van der Waals surface area contributed by atoms with Crippen molar-refractivity contribution < 1.29 is 26.4 Å². The van der Waals surface area contributed by atoms with E-state index >= 15 is 0 Å². The van der Waals surface area contributed by atoms with Gasteiger partial charge in [0.1, 0.15) is 6.04 Å². The Balaban J connectivity index is 2.05. The minimum absolute atomic E-state index is 0.172. The highest BCUT2D eigenvalue weighted by Gasteiger charge is 2.35. The van der Waals surface area contributed by atoms with Crippen LogP contribution >= 0.6 is 0 Å². The third-order valence-corrected chi connectivity index (χ3v) is 4.52. The van der Waals surface area contributed by atoms with Gasteiger partial charge in [-0.15, -0.1) is 5.11 Å². The first-order valence-corrected chi connectivity index (χ1v) is 9.12. The van der Waals surface area contributed by atoms with Crippen LogP contribution in [-0.2, 0) is 22.9 Å². The summed E-state index contributed by atoms with van der Waals surface area (Å²) >= 11 is 0. The van der Waals surface area contributed by atoms with E-state index in [-0.39, 0.29) is 16.7 Å². The summed E-state index contributed by atoms with van der Waals surface area (Å²) in [7, 11) is -4.15. The van der Waals surface area contributed by atoms with Crippen LogP contribution in [0.3, 0.4) is 0 Å². The summed E-state index contributed by atoms with van der Waals surface area (Å²) in [5.74, 6) is -0.563. The molecule has 0 saturated heterocycles. The number of nitrogens with two attached hydrogens (primary N) is 1. The van der Waals surface area contributed by atoms with Crippen LogP contribution in [0.4, 0.5) is 13.2 Å². The first-order valence-electron chi connectivity index (χ1n) is 7.58. The minimum atomic E-state index is -4.73. The first kappa shape index (κ1) is 19.1. The standard InChI is InChI=1S/C16H13F3N4O3S/c17-16(18,19)13-7-9(5-6-10(13)8-21-27(20,25)26)14-11-3-1-2-4-12(11)15(24)23-22-14/h1-7,14,21H,8H2,(H2,20,25,26). The average molecular weight is 398 g/mol. The molecule has 0 fully saturated rings. The molecule has 3 N–H and O–H groups in total. The summed E-state index contributed by atoms with van der Waals surface area (Å²) in [6.45, 7) is -0.616. The number of benzene rings is 2. The molecule has 0 spiro atoms. The number of rotatable bonds is 4. The zero-order valence-corrected chi connectivity index (χ0v) is 14.4. The number of amides is 1. The molecular formula is C16H13F3N4O3S. The first-order chi connectivity index (χ1) is 12.6. The normalized spacial score (nSPS) is 17.0. The van der Waals surface area contributed by atoms with Gasteiger partial charge in [-0.05, 0) is 28.8 Å². The van der Waals surface area contributed by atoms with E-state index in [0.29, 0.717) is 5.56 Å². The Kier molecular flexibility index (Phi) is 4.84. The SMILES string of the molecule is NS(=O)(=O)NCc1ccc(C2N=NC(=O)c3ccccc32)cc1C(F)(F)F. The molecule has 0 radical (unpaired) electrons. The molecule has 2 aromatic carbocycles. The Labute approximate surface area is 152 Å².